The highest BCUT2D eigenvalue weighted by Crippen LogP contribution is 1.81. The van der Waals surface area contributed by atoms with Crippen molar-refractivity contribution in [2.24, 2.45) is 0 Å². The van der Waals surface area contributed by atoms with Crippen molar-refractivity contribution in [1.29, 1.82) is 5.26 Å². The van der Waals surface area contributed by atoms with Gasteiger partial charge in [-0.25, -0.2) is 0 Å². The molecule has 0 rings (SSSR count). The van der Waals surface area contributed by atoms with Gasteiger partial charge in [0.15, 0.2) is 0 Å². The Balaban J connectivity index is 0. The maximum atomic E-state index is 7.79. The topological polar surface area (TPSA) is 51.5 Å². The molecule has 0 atom stereocenters. The van der Waals surface area contributed by atoms with Crippen LogP contribution in [0.15, 0.2) is 12.2 Å². The number of allylic oxidation sites excluding steroid dienone is 1. The standard InChI is InChI=1S/C4H5N.C3H10O3Si/c1-4(2)3-5;1-4-7(5-2)6-3/h1H2,2H3;7H,1-3H3. The first kappa shape index (κ1) is 13.9. The lowest BCUT2D eigenvalue weighted by atomic mass is 10.4. The predicted octanol–water partition coefficient (Wildman–Crippen LogP) is 0.729. The van der Waals surface area contributed by atoms with Crippen molar-refractivity contribution in [2.45, 2.75) is 6.92 Å². The Kier molecular flexibility index (Phi) is 11.9. The SMILES string of the molecule is C=C(C)C#N.CO[SiH](OC)OC. The van der Waals surface area contributed by atoms with Gasteiger partial charge in [0, 0.05) is 26.9 Å². The molecule has 0 aromatic heterocycles. The maximum Gasteiger partial charge on any atom is 0.483 e. The molecule has 0 spiro atoms. The van der Waals surface area contributed by atoms with E-state index in [9.17, 15) is 0 Å². The number of hydrogen-bond donors (Lipinski definition) is 0. The van der Waals surface area contributed by atoms with Gasteiger partial charge >= 0.3 is 9.53 Å². The molecule has 0 aromatic carbocycles. The quantitative estimate of drug-likeness (QED) is 0.485. The molecule has 0 aliphatic rings. The molecule has 12 heavy (non-hydrogen) atoms. The van der Waals surface area contributed by atoms with Gasteiger partial charge in [-0.15, -0.1) is 0 Å². The van der Waals surface area contributed by atoms with Gasteiger partial charge in [-0.2, -0.15) is 5.26 Å². The van der Waals surface area contributed by atoms with Gasteiger partial charge in [-0.05, 0) is 6.92 Å². The molecule has 0 amide bonds. The summed E-state index contributed by atoms with van der Waals surface area (Å²) in [5.74, 6) is 0. The van der Waals surface area contributed by atoms with E-state index in [1.165, 1.54) is 0 Å². The number of nitriles is 1. The Labute approximate surface area is 75.3 Å². The summed E-state index contributed by atoms with van der Waals surface area (Å²) in [6, 6.07) is 1.83. The van der Waals surface area contributed by atoms with Crippen molar-refractivity contribution in [3.8, 4) is 6.07 Å². The predicted molar refractivity (Wildman–Crippen MR) is 48.6 cm³/mol. The largest absolute Gasteiger partial charge is 0.483 e. The molecule has 0 heterocycles. The normalized spacial score (nSPS) is 8.33. The Morgan fingerprint density at radius 3 is 1.50 bits per heavy atom. The first-order valence-corrected chi connectivity index (χ1v) is 4.67. The average Bonchev–Trinajstić information content (AvgIpc) is 2.09. The van der Waals surface area contributed by atoms with E-state index in [0.717, 1.165) is 0 Å². The highest BCUT2D eigenvalue weighted by molar-refractivity contribution is 6.36. The van der Waals surface area contributed by atoms with Crippen LogP contribution in [0.1, 0.15) is 6.92 Å². The van der Waals surface area contributed by atoms with Crippen LogP contribution in [0.5, 0.6) is 0 Å². The van der Waals surface area contributed by atoms with Crippen LogP contribution in [0.2, 0.25) is 0 Å². The third kappa shape index (κ3) is 12.0. The van der Waals surface area contributed by atoms with E-state index >= 15 is 0 Å². The Morgan fingerprint density at radius 2 is 1.50 bits per heavy atom. The zero-order valence-electron chi connectivity index (χ0n) is 7.96. The van der Waals surface area contributed by atoms with E-state index in [2.05, 4.69) is 6.58 Å². The van der Waals surface area contributed by atoms with Gasteiger partial charge in [0.25, 0.3) is 0 Å². The molecular formula is C7H15NO3Si. The number of hydrogen-bond acceptors (Lipinski definition) is 4. The molecule has 4 nitrogen and oxygen atoms in total. The Hall–Kier alpha value is -0.673. The molecule has 0 saturated heterocycles. The smallest absolute Gasteiger partial charge is 0.379 e. The van der Waals surface area contributed by atoms with Crippen LogP contribution in [0, 0.1) is 11.3 Å². The van der Waals surface area contributed by atoms with Crippen LogP contribution in [-0.2, 0) is 13.3 Å². The van der Waals surface area contributed by atoms with Crippen LogP contribution in [0.25, 0.3) is 0 Å². The fourth-order valence-corrected chi connectivity index (χ4v) is 0.866. The van der Waals surface area contributed by atoms with Gasteiger partial charge in [-0.1, -0.05) is 6.58 Å². The first-order valence-electron chi connectivity index (χ1n) is 3.26. The van der Waals surface area contributed by atoms with Crippen LogP contribution < -0.4 is 0 Å². The summed E-state index contributed by atoms with van der Waals surface area (Å²) in [6.07, 6.45) is 0. The molecule has 70 valence electrons. The molecular weight excluding hydrogens is 174 g/mol. The van der Waals surface area contributed by atoms with Crippen molar-refractivity contribution in [1.82, 2.24) is 0 Å². The van der Waals surface area contributed by atoms with Crippen molar-refractivity contribution < 1.29 is 13.3 Å². The van der Waals surface area contributed by atoms with Crippen LogP contribution in [0.3, 0.4) is 0 Å². The van der Waals surface area contributed by atoms with Gasteiger partial charge in [0.05, 0.1) is 6.07 Å². The molecule has 0 bridgehead atoms. The molecule has 0 radical (unpaired) electrons. The lowest BCUT2D eigenvalue weighted by Gasteiger charge is -2.05. The van der Waals surface area contributed by atoms with Crippen LogP contribution in [-0.4, -0.2) is 30.9 Å². The van der Waals surface area contributed by atoms with Crippen molar-refractivity contribution in [2.75, 3.05) is 21.3 Å². The number of rotatable bonds is 3. The van der Waals surface area contributed by atoms with Gasteiger partial charge in [-0.3, -0.25) is 0 Å². The summed E-state index contributed by atoms with van der Waals surface area (Å²) >= 11 is 0. The minimum absolute atomic E-state index is 0.560. The summed E-state index contributed by atoms with van der Waals surface area (Å²) < 4.78 is 14.2. The minimum atomic E-state index is -1.67. The van der Waals surface area contributed by atoms with Gasteiger partial charge in [0.1, 0.15) is 0 Å². The second kappa shape index (κ2) is 10.3. The lowest BCUT2D eigenvalue weighted by Crippen LogP contribution is -2.21. The fourth-order valence-electron chi connectivity index (χ4n) is 0.289. The van der Waals surface area contributed by atoms with Gasteiger partial charge < -0.3 is 13.3 Å². The van der Waals surface area contributed by atoms with Crippen LogP contribution >= 0.6 is 0 Å². The highest BCUT2D eigenvalue weighted by atomic mass is 28.3. The summed E-state index contributed by atoms with van der Waals surface area (Å²) in [5.41, 5.74) is 0.560. The molecule has 0 saturated carbocycles. The summed E-state index contributed by atoms with van der Waals surface area (Å²) in [7, 11) is 3.05. The first-order chi connectivity index (χ1) is 5.62. The van der Waals surface area contributed by atoms with E-state index in [0.29, 0.717) is 5.57 Å². The molecule has 0 aliphatic heterocycles. The summed E-state index contributed by atoms with van der Waals surface area (Å²) in [6.45, 7) is 4.98. The minimum Gasteiger partial charge on any atom is -0.379 e. The third-order valence-corrected chi connectivity index (χ3v) is 1.92. The number of nitrogens with zero attached hydrogens (tertiary/aromatic N) is 1. The summed E-state index contributed by atoms with van der Waals surface area (Å²) in [5, 5.41) is 7.79. The maximum absolute atomic E-state index is 7.79. The zero-order chi connectivity index (χ0) is 9.98. The summed E-state index contributed by atoms with van der Waals surface area (Å²) in [4.78, 5) is 0. The van der Waals surface area contributed by atoms with Crippen molar-refractivity contribution >= 4 is 9.53 Å². The highest BCUT2D eigenvalue weighted by Gasteiger charge is 2.04. The van der Waals surface area contributed by atoms with Crippen molar-refractivity contribution in [3.63, 3.8) is 0 Å². The average molecular weight is 189 g/mol. The Bertz CT molecular complexity index is 146. The monoisotopic (exact) mass is 189 g/mol. The van der Waals surface area contributed by atoms with Crippen molar-refractivity contribution in [3.05, 3.63) is 12.2 Å². The molecule has 0 aromatic rings. The third-order valence-electron chi connectivity index (χ3n) is 0.768. The van der Waals surface area contributed by atoms with E-state index in [1.54, 1.807) is 28.3 Å². The van der Waals surface area contributed by atoms with E-state index in [-0.39, 0.29) is 0 Å². The molecule has 0 aliphatic carbocycles. The van der Waals surface area contributed by atoms with E-state index < -0.39 is 9.53 Å². The lowest BCUT2D eigenvalue weighted by molar-refractivity contribution is 0.163. The Morgan fingerprint density at radius 1 is 1.25 bits per heavy atom. The molecule has 0 unspecified atom stereocenters. The zero-order valence-corrected chi connectivity index (χ0v) is 9.11. The van der Waals surface area contributed by atoms with E-state index in [1.807, 2.05) is 6.07 Å². The second-order valence-electron chi connectivity index (χ2n) is 1.89. The molecule has 0 N–H and O–H groups in total. The van der Waals surface area contributed by atoms with Crippen LogP contribution in [0.4, 0.5) is 0 Å². The molecule has 0 fully saturated rings. The fraction of sp³-hybridized carbons (Fsp3) is 0.571. The second-order valence-corrected chi connectivity index (χ2v) is 3.88. The van der Waals surface area contributed by atoms with Gasteiger partial charge in [0.2, 0.25) is 0 Å². The van der Waals surface area contributed by atoms with E-state index in [4.69, 9.17) is 18.5 Å². The molecule has 5 heteroatoms.